The van der Waals surface area contributed by atoms with Crippen LogP contribution in [0.2, 0.25) is 0 Å². The Morgan fingerprint density at radius 2 is 1.84 bits per heavy atom. The minimum atomic E-state index is -0.428. The molecular weight excluding hydrogens is 244 g/mol. The van der Waals surface area contributed by atoms with Crippen LogP contribution in [0.15, 0.2) is 52.4 Å². The highest BCUT2D eigenvalue weighted by Gasteiger charge is 2.12. The zero-order valence-electron chi connectivity index (χ0n) is 10.1. The molecule has 0 saturated heterocycles. The summed E-state index contributed by atoms with van der Waals surface area (Å²) in [6.45, 7) is 0. The van der Waals surface area contributed by atoms with Crippen LogP contribution < -0.4 is 11.2 Å². The maximum atomic E-state index is 12.3. The maximum Gasteiger partial charge on any atom is 0.337 e. The normalized spacial score (nSPS) is 10.8. The summed E-state index contributed by atoms with van der Waals surface area (Å²) in [7, 11) is 1.44. The molecule has 3 rings (SSSR count). The summed E-state index contributed by atoms with van der Waals surface area (Å²) >= 11 is 0. The Kier molecular flexibility index (Phi) is 2.49. The summed E-state index contributed by atoms with van der Waals surface area (Å²) in [6.07, 6.45) is 2.74. The molecule has 0 aliphatic carbocycles. The Bertz CT molecular complexity index is 865. The molecule has 19 heavy (non-hydrogen) atoms. The smallest absolute Gasteiger partial charge is 0.268 e. The number of hydrogen-bond donors (Lipinski definition) is 0. The van der Waals surface area contributed by atoms with Crippen LogP contribution in [0.4, 0.5) is 0 Å². The van der Waals surface area contributed by atoms with Crippen LogP contribution in [0.1, 0.15) is 0 Å². The third kappa shape index (κ3) is 1.65. The fourth-order valence-corrected chi connectivity index (χ4v) is 1.97. The minimum absolute atomic E-state index is 0.313. The van der Waals surface area contributed by atoms with Crippen molar-refractivity contribution >= 4 is 11.0 Å². The fraction of sp³-hybridized carbons (Fsp3) is 0.0769. The molecule has 3 aromatic rings. The first-order valence-corrected chi connectivity index (χ1v) is 5.67. The summed E-state index contributed by atoms with van der Waals surface area (Å²) in [4.78, 5) is 32.2. The molecule has 0 spiro atoms. The fourth-order valence-electron chi connectivity index (χ4n) is 1.97. The zero-order valence-corrected chi connectivity index (χ0v) is 10.1. The number of fused-ring (bicyclic) bond motifs is 1. The Balaban J connectivity index is 2.56. The molecule has 0 unspecified atom stereocenters. The van der Waals surface area contributed by atoms with Crippen LogP contribution >= 0.6 is 0 Å². The van der Waals surface area contributed by atoms with E-state index in [9.17, 15) is 9.59 Å². The van der Waals surface area contributed by atoms with Crippen LogP contribution in [-0.2, 0) is 7.05 Å². The van der Waals surface area contributed by atoms with Crippen LogP contribution in [0.5, 0.6) is 0 Å². The second-order valence-corrected chi connectivity index (χ2v) is 4.08. The molecule has 0 aliphatic rings. The SMILES string of the molecule is Cn1c(=O)c2cncnc2n(-c2ccccc2)c1=O. The van der Waals surface area contributed by atoms with E-state index in [1.807, 2.05) is 18.2 Å². The van der Waals surface area contributed by atoms with Crippen molar-refractivity contribution in [2.24, 2.45) is 7.05 Å². The molecule has 2 aromatic heterocycles. The van der Waals surface area contributed by atoms with E-state index in [4.69, 9.17) is 0 Å². The first-order valence-electron chi connectivity index (χ1n) is 5.67. The van der Waals surface area contributed by atoms with Crippen molar-refractivity contribution in [1.29, 1.82) is 0 Å². The van der Waals surface area contributed by atoms with Crippen molar-refractivity contribution in [3.63, 3.8) is 0 Å². The molecule has 0 saturated carbocycles. The summed E-state index contributed by atoms with van der Waals surface area (Å²) in [5.74, 6) is 0. The lowest BCUT2D eigenvalue weighted by Crippen LogP contribution is -2.37. The van der Waals surface area contributed by atoms with E-state index >= 15 is 0 Å². The molecule has 0 bridgehead atoms. The van der Waals surface area contributed by atoms with E-state index in [0.717, 1.165) is 4.57 Å². The number of nitrogens with zero attached hydrogens (tertiary/aromatic N) is 4. The van der Waals surface area contributed by atoms with Gasteiger partial charge in [-0.3, -0.25) is 9.36 Å². The lowest BCUT2D eigenvalue weighted by atomic mass is 10.3. The Morgan fingerprint density at radius 1 is 1.11 bits per heavy atom. The molecular formula is C13H10N4O2. The second kappa shape index (κ2) is 4.16. The Hall–Kier alpha value is -2.76. The molecule has 94 valence electrons. The van der Waals surface area contributed by atoms with Gasteiger partial charge in [-0.1, -0.05) is 18.2 Å². The molecule has 0 N–H and O–H groups in total. The largest absolute Gasteiger partial charge is 0.337 e. The summed E-state index contributed by atoms with van der Waals surface area (Å²) in [5, 5.41) is 0.313. The maximum absolute atomic E-state index is 12.3. The Morgan fingerprint density at radius 3 is 2.58 bits per heavy atom. The molecule has 0 fully saturated rings. The van der Waals surface area contributed by atoms with Gasteiger partial charge in [0, 0.05) is 13.2 Å². The number of hydrogen-bond acceptors (Lipinski definition) is 4. The summed E-state index contributed by atoms with van der Waals surface area (Å²) in [5.41, 5.74) is 0.149. The van der Waals surface area contributed by atoms with Crippen molar-refractivity contribution in [1.82, 2.24) is 19.1 Å². The molecule has 0 aliphatic heterocycles. The van der Waals surface area contributed by atoms with Gasteiger partial charge in [0.1, 0.15) is 11.7 Å². The third-order valence-corrected chi connectivity index (χ3v) is 2.93. The number of aromatic nitrogens is 4. The van der Waals surface area contributed by atoms with Crippen LogP contribution in [-0.4, -0.2) is 19.1 Å². The van der Waals surface area contributed by atoms with E-state index in [-0.39, 0.29) is 0 Å². The van der Waals surface area contributed by atoms with Gasteiger partial charge in [-0.25, -0.2) is 19.3 Å². The summed E-state index contributed by atoms with van der Waals surface area (Å²) in [6, 6.07) is 9.06. The molecule has 0 radical (unpaired) electrons. The standard InChI is InChI=1S/C13H10N4O2/c1-16-12(18)10-7-14-8-15-11(10)17(13(16)19)9-5-3-2-4-6-9/h2-8H,1H3. The van der Waals surface area contributed by atoms with Gasteiger partial charge in [0.2, 0.25) is 0 Å². The lowest BCUT2D eigenvalue weighted by molar-refractivity contribution is 0.746. The minimum Gasteiger partial charge on any atom is -0.268 e. The van der Waals surface area contributed by atoms with Crippen LogP contribution in [0.3, 0.4) is 0 Å². The van der Waals surface area contributed by atoms with E-state index in [0.29, 0.717) is 16.7 Å². The van der Waals surface area contributed by atoms with Crippen molar-refractivity contribution in [2.45, 2.75) is 0 Å². The average molecular weight is 254 g/mol. The molecule has 6 nitrogen and oxygen atoms in total. The van der Waals surface area contributed by atoms with Crippen LogP contribution in [0, 0.1) is 0 Å². The number of para-hydroxylation sites is 1. The van der Waals surface area contributed by atoms with E-state index in [1.165, 1.54) is 24.1 Å². The van der Waals surface area contributed by atoms with Gasteiger partial charge in [-0.2, -0.15) is 0 Å². The Labute approximate surface area is 107 Å². The second-order valence-electron chi connectivity index (χ2n) is 4.08. The highest BCUT2D eigenvalue weighted by atomic mass is 16.2. The monoisotopic (exact) mass is 254 g/mol. The number of benzene rings is 1. The first kappa shape index (κ1) is 11.3. The first-order chi connectivity index (χ1) is 9.20. The molecule has 0 amide bonds. The van der Waals surface area contributed by atoms with Crippen molar-refractivity contribution in [2.75, 3.05) is 0 Å². The van der Waals surface area contributed by atoms with Gasteiger partial charge in [0.25, 0.3) is 5.56 Å². The molecule has 1 aromatic carbocycles. The van der Waals surface area contributed by atoms with E-state index < -0.39 is 11.2 Å². The van der Waals surface area contributed by atoms with Gasteiger partial charge in [-0.15, -0.1) is 0 Å². The quantitative estimate of drug-likeness (QED) is 0.633. The van der Waals surface area contributed by atoms with Crippen LogP contribution in [0.25, 0.3) is 16.7 Å². The van der Waals surface area contributed by atoms with Gasteiger partial charge < -0.3 is 0 Å². The topological polar surface area (TPSA) is 69.8 Å². The molecule has 6 heteroatoms. The highest BCUT2D eigenvalue weighted by molar-refractivity contribution is 5.74. The predicted molar refractivity (Wildman–Crippen MR) is 70.4 cm³/mol. The lowest BCUT2D eigenvalue weighted by Gasteiger charge is -2.10. The highest BCUT2D eigenvalue weighted by Crippen LogP contribution is 2.09. The third-order valence-electron chi connectivity index (χ3n) is 2.93. The average Bonchev–Trinajstić information content (AvgIpc) is 2.46. The van der Waals surface area contributed by atoms with E-state index in [1.54, 1.807) is 12.1 Å². The predicted octanol–water partition coefficient (Wildman–Crippen LogP) is 0.479. The van der Waals surface area contributed by atoms with Crippen molar-refractivity contribution in [3.8, 4) is 5.69 Å². The van der Waals surface area contributed by atoms with Gasteiger partial charge in [0.05, 0.1) is 5.69 Å². The molecule has 2 heterocycles. The number of rotatable bonds is 1. The summed E-state index contributed by atoms with van der Waals surface area (Å²) < 4.78 is 2.46. The van der Waals surface area contributed by atoms with E-state index in [2.05, 4.69) is 9.97 Å². The zero-order chi connectivity index (χ0) is 13.4. The van der Waals surface area contributed by atoms with Crippen molar-refractivity contribution < 1.29 is 0 Å². The molecule has 0 atom stereocenters. The van der Waals surface area contributed by atoms with Gasteiger partial charge >= 0.3 is 5.69 Å². The van der Waals surface area contributed by atoms with Gasteiger partial charge in [0.15, 0.2) is 5.65 Å². The van der Waals surface area contributed by atoms with Crippen molar-refractivity contribution in [3.05, 3.63) is 63.7 Å². The van der Waals surface area contributed by atoms with Gasteiger partial charge in [-0.05, 0) is 12.1 Å².